The van der Waals surface area contributed by atoms with E-state index in [0.29, 0.717) is 34.4 Å². The minimum Gasteiger partial charge on any atom is -0.507 e. The van der Waals surface area contributed by atoms with Crippen LogP contribution in [0.25, 0.3) is 0 Å². The highest BCUT2D eigenvalue weighted by molar-refractivity contribution is 6.11. The van der Waals surface area contributed by atoms with Crippen LogP contribution in [-0.2, 0) is 0 Å². The minimum absolute atomic E-state index is 0.00866. The Morgan fingerprint density at radius 3 is 2.12 bits per heavy atom. The van der Waals surface area contributed by atoms with E-state index in [4.69, 9.17) is 23.4 Å². The van der Waals surface area contributed by atoms with Gasteiger partial charge >= 0.3 is 5.63 Å². The van der Waals surface area contributed by atoms with Crippen LogP contribution in [0.3, 0.4) is 0 Å². The van der Waals surface area contributed by atoms with Crippen molar-refractivity contribution in [3.63, 3.8) is 0 Å². The van der Waals surface area contributed by atoms with Gasteiger partial charge in [0.2, 0.25) is 0 Å². The van der Waals surface area contributed by atoms with Crippen molar-refractivity contribution in [2.45, 2.75) is 6.92 Å². The highest BCUT2D eigenvalue weighted by Gasteiger charge is 2.20. The second kappa shape index (κ2) is 9.78. The topological polar surface area (TPSA) is 112 Å². The SMILES string of the molecule is COc1ccc(OC)c(N=C(Nc2cc(OC)ccc2OC)c2c(O)cc(C)oc2=O)c1. The lowest BCUT2D eigenvalue weighted by molar-refractivity contribution is 0.404. The molecule has 1 aromatic heterocycles. The molecule has 32 heavy (non-hydrogen) atoms. The fraction of sp³-hybridized carbons (Fsp3) is 0.217. The zero-order chi connectivity index (χ0) is 23.3. The van der Waals surface area contributed by atoms with Crippen LogP contribution < -0.4 is 29.9 Å². The summed E-state index contributed by atoms with van der Waals surface area (Å²) >= 11 is 0. The lowest BCUT2D eigenvalue weighted by Gasteiger charge is -2.16. The largest absolute Gasteiger partial charge is 0.507 e. The van der Waals surface area contributed by atoms with Gasteiger partial charge < -0.3 is 33.8 Å². The molecule has 0 radical (unpaired) electrons. The molecule has 0 amide bonds. The van der Waals surface area contributed by atoms with E-state index in [1.165, 1.54) is 34.5 Å². The molecule has 0 aliphatic heterocycles. The Morgan fingerprint density at radius 2 is 1.53 bits per heavy atom. The summed E-state index contributed by atoms with van der Waals surface area (Å²) in [6.45, 7) is 1.56. The normalized spacial score (nSPS) is 11.1. The van der Waals surface area contributed by atoms with Gasteiger partial charge in [-0.2, -0.15) is 0 Å². The number of rotatable bonds is 7. The number of hydrogen-bond donors (Lipinski definition) is 2. The molecular weight excluding hydrogens is 416 g/mol. The molecule has 0 aliphatic rings. The van der Waals surface area contributed by atoms with Crippen molar-refractivity contribution in [2.75, 3.05) is 33.8 Å². The van der Waals surface area contributed by atoms with Gasteiger partial charge in [-0.05, 0) is 31.2 Å². The van der Waals surface area contributed by atoms with E-state index in [9.17, 15) is 9.90 Å². The third-order valence-electron chi connectivity index (χ3n) is 4.57. The predicted octanol–water partition coefficient (Wildman–Crippen LogP) is 3.88. The third kappa shape index (κ3) is 4.77. The van der Waals surface area contributed by atoms with Gasteiger partial charge in [0.15, 0.2) is 0 Å². The number of aliphatic imine (C=N–C) groups is 1. The molecule has 0 spiro atoms. The maximum absolute atomic E-state index is 12.7. The van der Waals surface area contributed by atoms with Gasteiger partial charge in [-0.25, -0.2) is 9.79 Å². The average Bonchev–Trinajstić information content (AvgIpc) is 2.78. The first-order valence-corrected chi connectivity index (χ1v) is 9.54. The number of methoxy groups -OCH3 is 4. The van der Waals surface area contributed by atoms with Gasteiger partial charge in [0, 0.05) is 18.2 Å². The first kappa shape index (κ1) is 22.5. The quantitative estimate of drug-likeness (QED) is 0.421. The van der Waals surface area contributed by atoms with Gasteiger partial charge in [0.05, 0.1) is 34.1 Å². The predicted molar refractivity (Wildman–Crippen MR) is 120 cm³/mol. The summed E-state index contributed by atoms with van der Waals surface area (Å²) in [6.07, 6.45) is 0. The highest BCUT2D eigenvalue weighted by Crippen LogP contribution is 2.34. The van der Waals surface area contributed by atoms with Crippen LogP contribution in [0.4, 0.5) is 11.4 Å². The van der Waals surface area contributed by atoms with Gasteiger partial charge in [-0.3, -0.25) is 0 Å². The summed E-state index contributed by atoms with van der Waals surface area (Å²) in [5.74, 6) is 1.94. The number of anilines is 1. The number of benzene rings is 2. The standard InChI is InChI=1S/C23H24N2O7/c1-13-10-18(26)21(23(27)32-13)22(24-16-11-14(28-2)6-8-19(16)30-4)25-17-12-15(29-3)7-9-20(17)31-5/h6-12,26H,1-5H3,(H,24,25). The van der Waals surface area contributed by atoms with E-state index in [1.807, 2.05) is 0 Å². The molecule has 0 unspecified atom stereocenters. The number of hydrogen-bond acceptors (Lipinski definition) is 8. The van der Waals surface area contributed by atoms with E-state index < -0.39 is 5.63 Å². The van der Waals surface area contributed by atoms with Crippen LogP contribution in [0.5, 0.6) is 28.7 Å². The molecule has 2 aromatic carbocycles. The first-order valence-electron chi connectivity index (χ1n) is 9.54. The molecular formula is C23H24N2O7. The van der Waals surface area contributed by atoms with E-state index in [2.05, 4.69) is 10.3 Å². The maximum Gasteiger partial charge on any atom is 0.350 e. The number of aromatic hydroxyl groups is 1. The summed E-state index contributed by atoms with van der Waals surface area (Å²) < 4.78 is 26.6. The fourth-order valence-electron chi connectivity index (χ4n) is 3.00. The van der Waals surface area contributed by atoms with E-state index in [-0.39, 0.29) is 22.9 Å². The highest BCUT2D eigenvalue weighted by atomic mass is 16.5. The zero-order valence-corrected chi connectivity index (χ0v) is 18.4. The van der Waals surface area contributed by atoms with Gasteiger partial charge in [0.1, 0.15) is 51.6 Å². The van der Waals surface area contributed by atoms with Crippen molar-refractivity contribution in [3.8, 4) is 28.7 Å². The van der Waals surface area contributed by atoms with Crippen LogP contribution in [-0.4, -0.2) is 39.4 Å². The smallest absolute Gasteiger partial charge is 0.350 e. The number of nitrogens with one attached hydrogen (secondary N) is 1. The molecule has 2 N–H and O–H groups in total. The molecule has 0 bridgehead atoms. The van der Waals surface area contributed by atoms with Crippen molar-refractivity contribution in [1.29, 1.82) is 0 Å². The zero-order valence-electron chi connectivity index (χ0n) is 18.4. The Labute approximate surface area is 184 Å². The first-order chi connectivity index (χ1) is 15.4. The van der Waals surface area contributed by atoms with Gasteiger partial charge in [0.25, 0.3) is 0 Å². The van der Waals surface area contributed by atoms with Crippen molar-refractivity contribution in [1.82, 2.24) is 0 Å². The summed E-state index contributed by atoms with van der Waals surface area (Å²) in [4.78, 5) is 17.2. The molecule has 1 heterocycles. The Morgan fingerprint density at radius 1 is 0.906 bits per heavy atom. The molecule has 0 fully saturated rings. The molecule has 0 aliphatic carbocycles. The van der Waals surface area contributed by atoms with Crippen LogP contribution in [0.1, 0.15) is 11.3 Å². The van der Waals surface area contributed by atoms with Crippen LogP contribution in [0.15, 0.2) is 56.7 Å². The number of ether oxygens (including phenoxy) is 4. The Kier molecular flexibility index (Phi) is 6.89. The number of nitrogens with zero attached hydrogens (tertiary/aromatic N) is 1. The lowest BCUT2D eigenvalue weighted by atomic mass is 10.2. The minimum atomic E-state index is -0.766. The monoisotopic (exact) mass is 440 g/mol. The molecule has 3 rings (SSSR count). The molecule has 168 valence electrons. The van der Waals surface area contributed by atoms with Crippen LogP contribution in [0.2, 0.25) is 0 Å². The summed E-state index contributed by atoms with van der Waals surface area (Å²) in [5.41, 5.74) is -0.120. The average molecular weight is 440 g/mol. The van der Waals surface area contributed by atoms with Crippen molar-refractivity contribution >= 4 is 17.2 Å². The van der Waals surface area contributed by atoms with E-state index in [1.54, 1.807) is 43.3 Å². The molecule has 9 heteroatoms. The van der Waals surface area contributed by atoms with Crippen LogP contribution in [0, 0.1) is 6.92 Å². The van der Waals surface area contributed by atoms with Gasteiger partial charge in [-0.1, -0.05) is 0 Å². The van der Waals surface area contributed by atoms with Crippen LogP contribution >= 0.6 is 0 Å². The molecule has 0 saturated heterocycles. The lowest BCUT2D eigenvalue weighted by Crippen LogP contribution is -2.22. The summed E-state index contributed by atoms with van der Waals surface area (Å²) in [5, 5.41) is 13.6. The van der Waals surface area contributed by atoms with E-state index in [0.717, 1.165) is 0 Å². The second-order valence-electron chi connectivity index (χ2n) is 6.59. The Balaban J connectivity index is 2.25. The van der Waals surface area contributed by atoms with Crippen molar-refractivity contribution in [2.24, 2.45) is 4.99 Å². The molecule has 9 nitrogen and oxygen atoms in total. The maximum atomic E-state index is 12.7. The van der Waals surface area contributed by atoms with Crippen molar-refractivity contribution < 1.29 is 28.5 Å². The third-order valence-corrected chi connectivity index (χ3v) is 4.57. The molecule has 0 atom stereocenters. The summed E-state index contributed by atoms with van der Waals surface area (Å²) in [6, 6.07) is 11.5. The molecule has 3 aromatic rings. The Bertz CT molecular complexity index is 1200. The van der Waals surface area contributed by atoms with Crippen molar-refractivity contribution in [3.05, 3.63) is 64.2 Å². The number of aryl methyl sites for hydroxylation is 1. The number of amidine groups is 1. The van der Waals surface area contributed by atoms with Gasteiger partial charge in [-0.15, -0.1) is 0 Å². The fourth-order valence-corrected chi connectivity index (χ4v) is 3.00. The molecule has 0 saturated carbocycles. The second-order valence-corrected chi connectivity index (χ2v) is 6.59. The van der Waals surface area contributed by atoms with E-state index >= 15 is 0 Å². The summed E-state index contributed by atoms with van der Waals surface area (Å²) in [7, 11) is 6.06. The Hall–Kier alpha value is -4.14.